The van der Waals surface area contributed by atoms with Crippen LogP contribution in [0.5, 0.6) is 5.75 Å². The van der Waals surface area contributed by atoms with Gasteiger partial charge in [0.15, 0.2) is 0 Å². The molecule has 5 aliphatic carbocycles. The maximum Gasteiger partial charge on any atom is 0.261 e. The summed E-state index contributed by atoms with van der Waals surface area (Å²) in [6.07, 6.45) is 11.0. The molecular weight excluding hydrogens is 559 g/mol. The Morgan fingerprint density at radius 3 is 1.68 bits per heavy atom. The lowest BCUT2D eigenvalue weighted by Crippen LogP contribution is -2.67. The van der Waals surface area contributed by atoms with Crippen molar-refractivity contribution in [1.29, 1.82) is 0 Å². The van der Waals surface area contributed by atoms with Gasteiger partial charge in [0.25, 0.3) is 14.2 Å². The lowest BCUT2D eigenvalue weighted by Gasteiger charge is -2.54. The van der Waals surface area contributed by atoms with E-state index in [2.05, 4.69) is 86.8 Å². The Morgan fingerprint density at radius 1 is 0.682 bits per heavy atom. The smallest absolute Gasteiger partial charge is 0.261 e. The van der Waals surface area contributed by atoms with Crippen molar-refractivity contribution in [2.24, 2.45) is 23.7 Å². The Balaban J connectivity index is 0.971. The van der Waals surface area contributed by atoms with Crippen molar-refractivity contribution < 1.29 is 14.0 Å². The molecule has 0 aromatic heterocycles. The van der Waals surface area contributed by atoms with Gasteiger partial charge in [-0.25, -0.2) is 0 Å². The van der Waals surface area contributed by atoms with Gasteiger partial charge in [-0.3, -0.25) is 4.79 Å². The molecule has 3 aromatic carbocycles. The Morgan fingerprint density at radius 2 is 1.18 bits per heavy atom. The average Bonchev–Trinajstić information content (AvgIpc) is 3.02. The summed E-state index contributed by atoms with van der Waals surface area (Å²) >= 11 is 0. The van der Waals surface area contributed by atoms with Gasteiger partial charge >= 0.3 is 0 Å². The van der Waals surface area contributed by atoms with Crippen LogP contribution in [0.2, 0.25) is 5.04 Å². The molecule has 1 amide bonds. The van der Waals surface area contributed by atoms with Crippen molar-refractivity contribution in [2.75, 3.05) is 0 Å². The average molecular weight is 608 g/mol. The Hall–Kier alpha value is -2.89. The summed E-state index contributed by atoms with van der Waals surface area (Å²) < 4.78 is 13.8. The van der Waals surface area contributed by atoms with Crippen LogP contribution >= 0.6 is 0 Å². The van der Waals surface area contributed by atoms with Crippen molar-refractivity contribution in [3.8, 4) is 5.75 Å². The standard InChI is InChI=1S/C39H49NO3Si/c1-39(2,3)44(35-10-6-4-7-11-35,36-12-8-5-9-13-36)43-34-20-18-33(19-21-34)42-32-16-14-29(15-17-32)38(41)40-37-30-23-27-22-28(25-30)26-31(37)24-27/h4-17,27-28,30-31,33-34,37H,18-26H2,1-3H3,(H,40,41). The first-order valence-corrected chi connectivity index (χ1v) is 19.1. The minimum atomic E-state index is -2.55. The zero-order valence-electron chi connectivity index (χ0n) is 26.7. The van der Waals surface area contributed by atoms with Gasteiger partial charge in [0, 0.05) is 17.7 Å². The van der Waals surface area contributed by atoms with Gasteiger partial charge in [-0.15, -0.1) is 0 Å². The highest BCUT2D eigenvalue weighted by Gasteiger charge is 2.52. The maximum atomic E-state index is 13.2. The van der Waals surface area contributed by atoms with Crippen LogP contribution in [0.25, 0.3) is 0 Å². The molecule has 1 N–H and O–H groups in total. The Kier molecular flexibility index (Phi) is 8.22. The van der Waals surface area contributed by atoms with Gasteiger partial charge < -0.3 is 14.5 Å². The SMILES string of the molecule is CC(C)(C)[Si](OC1CCC(Oc2ccc(C(=O)NC3C4CC5CC(C4)CC3C5)cc2)CC1)(c1ccccc1)c1ccccc1. The van der Waals surface area contributed by atoms with Crippen LogP contribution in [0.4, 0.5) is 0 Å². The summed E-state index contributed by atoms with van der Waals surface area (Å²) in [4.78, 5) is 13.2. The molecule has 5 fully saturated rings. The van der Waals surface area contributed by atoms with Gasteiger partial charge in [0.1, 0.15) is 5.75 Å². The quantitative estimate of drug-likeness (QED) is 0.270. The van der Waals surface area contributed by atoms with Crippen LogP contribution in [-0.4, -0.2) is 32.5 Å². The van der Waals surface area contributed by atoms with Gasteiger partial charge in [0.2, 0.25) is 0 Å². The van der Waals surface area contributed by atoms with E-state index in [1.54, 1.807) is 0 Å². The molecule has 8 rings (SSSR count). The molecule has 232 valence electrons. The summed E-state index contributed by atoms with van der Waals surface area (Å²) in [5.74, 6) is 4.14. The van der Waals surface area contributed by atoms with Crippen molar-refractivity contribution in [3.05, 3.63) is 90.5 Å². The van der Waals surface area contributed by atoms with E-state index in [4.69, 9.17) is 9.16 Å². The number of hydrogen-bond donors (Lipinski definition) is 1. The largest absolute Gasteiger partial charge is 0.490 e. The van der Waals surface area contributed by atoms with E-state index in [0.717, 1.165) is 48.8 Å². The zero-order valence-corrected chi connectivity index (χ0v) is 27.7. The normalized spacial score (nSPS) is 29.8. The molecule has 5 aliphatic rings. The predicted octanol–water partition coefficient (Wildman–Crippen LogP) is 7.51. The Bertz CT molecular complexity index is 1340. The monoisotopic (exact) mass is 607 g/mol. The molecule has 0 aliphatic heterocycles. The molecule has 4 bridgehead atoms. The molecule has 0 spiro atoms. The number of amides is 1. The minimum absolute atomic E-state index is 0.0206. The molecular formula is C39H49NO3Si. The summed E-state index contributed by atoms with van der Waals surface area (Å²) in [7, 11) is -2.55. The third-order valence-corrected chi connectivity index (χ3v) is 16.4. The second-order valence-electron chi connectivity index (χ2n) is 15.3. The zero-order chi connectivity index (χ0) is 30.3. The highest BCUT2D eigenvalue weighted by Crippen LogP contribution is 2.53. The molecule has 0 unspecified atom stereocenters. The number of nitrogens with one attached hydrogen (secondary N) is 1. The molecule has 5 saturated carbocycles. The van der Waals surface area contributed by atoms with Crippen molar-refractivity contribution in [3.63, 3.8) is 0 Å². The summed E-state index contributed by atoms with van der Waals surface area (Å²) in [5, 5.41) is 6.10. The molecule has 4 nitrogen and oxygen atoms in total. The van der Waals surface area contributed by atoms with Gasteiger partial charge in [-0.1, -0.05) is 81.4 Å². The first-order chi connectivity index (χ1) is 21.3. The topological polar surface area (TPSA) is 47.6 Å². The van der Waals surface area contributed by atoms with Crippen LogP contribution in [0, 0.1) is 23.7 Å². The molecule has 3 aromatic rings. The lowest BCUT2D eigenvalue weighted by atomic mass is 9.54. The predicted molar refractivity (Wildman–Crippen MR) is 180 cm³/mol. The Labute approximate surface area is 265 Å². The highest BCUT2D eigenvalue weighted by atomic mass is 28.4. The summed E-state index contributed by atoms with van der Waals surface area (Å²) in [6, 6.07) is 30.1. The van der Waals surface area contributed by atoms with E-state index in [0.29, 0.717) is 17.9 Å². The van der Waals surface area contributed by atoms with Crippen LogP contribution in [0.1, 0.15) is 88.9 Å². The van der Waals surface area contributed by atoms with E-state index in [1.165, 1.54) is 42.5 Å². The summed E-state index contributed by atoms with van der Waals surface area (Å²) in [6.45, 7) is 7.04. The number of ether oxygens (including phenoxy) is 1. The van der Waals surface area contributed by atoms with Crippen LogP contribution in [0.15, 0.2) is 84.9 Å². The molecule has 0 saturated heterocycles. The molecule has 5 heteroatoms. The van der Waals surface area contributed by atoms with E-state index < -0.39 is 8.32 Å². The number of carbonyl (C=O) groups is 1. The van der Waals surface area contributed by atoms with E-state index in [9.17, 15) is 4.79 Å². The third-order valence-electron chi connectivity index (χ3n) is 11.3. The second-order valence-corrected chi connectivity index (χ2v) is 19.5. The van der Waals surface area contributed by atoms with Crippen molar-refractivity contribution in [2.45, 2.75) is 102 Å². The molecule has 0 heterocycles. The number of rotatable bonds is 8. The molecule has 0 radical (unpaired) electrons. The van der Waals surface area contributed by atoms with E-state index >= 15 is 0 Å². The summed E-state index contributed by atoms with van der Waals surface area (Å²) in [5.41, 5.74) is 0.744. The first kappa shape index (κ1) is 29.8. The fourth-order valence-corrected chi connectivity index (χ4v) is 14.2. The number of carbonyl (C=O) groups excluding carboxylic acids is 1. The van der Waals surface area contributed by atoms with Gasteiger partial charge in [-0.2, -0.15) is 0 Å². The van der Waals surface area contributed by atoms with Crippen LogP contribution in [-0.2, 0) is 4.43 Å². The maximum absolute atomic E-state index is 13.2. The van der Waals surface area contributed by atoms with Gasteiger partial charge in [0.05, 0.1) is 6.10 Å². The minimum Gasteiger partial charge on any atom is -0.490 e. The molecule has 44 heavy (non-hydrogen) atoms. The van der Waals surface area contributed by atoms with Crippen molar-refractivity contribution >= 4 is 24.6 Å². The van der Waals surface area contributed by atoms with Crippen LogP contribution in [0.3, 0.4) is 0 Å². The lowest BCUT2D eigenvalue weighted by molar-refractivity contribution is -0.0119. The fraction of sp³-hybridized carbons (Fsp3) is 0.513. The molecule has 0 atom stereocenters. The third kappa shape index (κ3) is 5.78. The number of hydrogen-bond acceptors (Lipinski definition) is 3. The van der Waals surface area contributed by atoms with Gasteiger partial charge in [-0.05, 0) is 121 Å². The van der Waals surface area contributed by atoms with E-state index in [1.807, 2.05) is 24.3 Å². The number of benzene rings is 3. The first-order valence-electron chi connectivity index (χ1n) is 17.1. The second kappa shape index (κ2) is 12.1. The van der Waals surface area contributed by atoms with Crippen molar-refractivity contribution in [1.82, 2.24) is 5.32 Å². The highest BCUT2D eigenvalue weighted by molar-refractivity contribution is 6.99. The van der Waals surface area contributed by atoms with Crippen LogP contribution < -0.4 is 20.4 Å². The fourth-order valence-electron chi connectivity index (χ4n) is 9.48. The van der Waals surface area contributed by atoms with E-state index in [-0.39, 0.29) is 23.2 Å².